The Morgan fingerprint density at radius 3 is 2.12 bits per heavy atom. The number of thiocarbonyl (C=S) groups is 1. The van der Waals surface area contributed by atoms with Gasteiger partial charge in [0, 0.05) is 5.69 Å². The number of carbonyl (C=O) groups is 2. The lowest BCUT2D eigenvalue weighted by Crippen LogP contribution is -2.34. The molecule has 0 radical (unpaired) electrons. The zero-order chi connectivity index (χ0) is 23.1. The summed E-state index contributed by atoms with van der Waals surface area (Å²) in [5.74, 6) is 0.370. The number of methoxy groups -OCH3 is 3. The summed E-state index contributed by atoms with van der Waals surface area (Å²) in [6, 6.07) is 13.1. The molecule has 0 saturated carbocycles. The van der Waals surface area contributed by atoms with Gasteiger partial charge in [-0.3, -0.25) is 14.9 Å². The summed E-state index contributed by atoms with van der Waals surface area (Å²) in [5, 5.41) is 8.22. The van der Waals surface area contributed by atoms with Crippen molar-refractivity contribution in [1.29, 1.82) is 0 Å². The molecule has 1 heterocycles. The molecule has 2 aromatic carbocycles. The number of furan rings is 1. The second-order valence-corrected chi connectivity index (χ2v) is 6.70. The topological polar surface area (TPSA) is 111 Å². The maximum atomic E-state index is 12.8. The van der Waals surface area contributed by atoms with Crippen LogP contribution in [0.15, 0.2) is 59.2 Å². The predicted molar refractivity (Wildman–Crippen MR) is 123 cm³/mol. The van der Waals surface area contributed by atoms with E-state index in [0.29, 0.717) is 28.6 Å². The van der Waals surface area contributed by atoms with Crippen molar-refractivity contribution >= 4 is 40.5 Å². The minimum atomic E-state index is -0.516. The summed E-state index contributed by atoms with van der Waals surface area (Å²) >= 11 is 5.29. The lowest BCUT2D eigenvalue weighted by atomic mass is 10.1. The van der Waals surface area contributed by atoms with Crippen LogP contribution in [0.4, 0.5) is 11.4 Å². The zero-order valence-corrected chi connectivity index (χ0v) is 18.4. The molecule has 32 heavy (non-hydrogen) atoms. The molecular formula is C22H21N3O6S. The molecule has 0 unspecified atom stereocenters. The van der Waals surface area contributed by atoms with Crippen molar-refractivity contribution in [3.8, 4) is 17.2 Å². The molecule has 0 aliphatic carbocycles. The van der Waals surface area contributed by atoms with E-state index >= 15 is 0 Å². The SMILES string of the molecule is COc1ccc(NC(=O)c2ccco2)cc1NC(=S)NC(=O)c1c(OC)cccc1OC. The van der Waals surface area contributed by atoms with E-state index < -0.39 is 11.8 Å². The number of nitrogens with one attached hydrogen (secondary N) is 3. The summed E-state index contributed by atoms with van der Waals surface area (Å²) in [4.78, 5) is 25.0. The lowest BCUT2D eigenvalue weighted by Gasteiger charge is -2.16. The number of amides is 2. The first-order chi connectivity index (χ1) is 15.5. The molecule has 0 fully saturated rings. The number of benzene rings is 2. The Morgan fingerprint density at radius 2 is 1.53 bits per heavy atom. The third-order valence-electron chi connectivity index (χ3n) is 4.33. The van der Waals surface area contributed by atoms with Crippen LogP contribution >= 0.6 is 12.2 Å². The number of rotatable bonds is 7. The standard InChI is InChI=1S/C22H21N3O6S/c1-28-15-10-9-13(23-20(26)18-8-5-11-31-18)12-14(15)24-22(32)25-21(27)19-16(29-2)6-4-7-17(19)30-3/h4-12H,1-3H3,(H,23,26)(H2,24,25,27,32). The third kappa shape index (κ3) is 5.16. The van der Waals surface area contributed by atoms with Crippen LogP contribution in [0.25, 0.3) is 0 Å². The summed E-state index contributed by atoms with van der Waals surface area (Å²) in [6.45, 7) is 0. The first kappa shape index (κ1) is 22.6. The van der Waals surface area contributed by atoms with Gasteiger partial charge in [0.25, 0.3) is 11.8 Å². The van der Waals surface area contributed by atoms with Gasteiger partial charge in [-0.1, -0.05) is 6.07 Å². The Bertz CT molecular complexity index is 1110. The fourth-order valence-corrected chi connectivity index (χ4v) is 3.08. The highest BCUT2D eigenvalue weighted by molar-refractivity contribution is 7.80. The maximum Gasteiger partial charge on any atom is 0.291 e. The molecule has 0 saturated heterocycles. The summed E-state index contributed by atoms with van der Waals surface area (Å²) in [7, 11) is 4.40. The fourth-order valence-electron chi connectivity index (χ4n) is 2.88. The Kier molecular flexibility index (Phi) is 7.29. The summed E-state index contributed by atoms with van der Waals surface area (Å²) in [6.07, 6.45) is 1.41. The molecule has 2 amide bonds. The van der Waals surface area contributed by atoms with Crippen LogP contribution in [0.5, 0.6) is 17.2 Å². The van der Waals surface area contributed by atoms with Gasteiger partial charge in [-0.15, -0.1) is 0 Å². The number of ether oxygens (including phenoxy) is 3. The molecule has 166 valence electrons. The number of hydrogen-bond donors (Lipinski definition) is 3. The van der Waals surface area contributed by atoms with E-state index in [2.05, 4.69) is 16.0 Å². The monoisotopic (exact) mass is 455 g/mol. The molecule has 3 N–H and O–H groups in total. The molecule has 1 aromatic heterocycles. The Hall–Kier alpha value is -4.05. The molecule has 0 aliphatic rings. The Balaban J connectivity index is 1.76. The van der Waals surface area contributed by atoms with E-state index in [0.717, 1.165) is 0 Å². The highest BCUT2D eigenvalue weighted by Gasteiger charge is 2.20. The first-order valence-electron chi connectivity index (χ1n) is 9.33. The number of carbonyl (C=O) groups excluding carboxylic acids is 2. The van der Waals surface area contributed by atoms with Crippen LogP contribution < -0.4 is 30.2 Å². The van der Waals surface area contributed by atoms with Crippen LogP contribution in [-0.2, 0) is 0 Å². The van der Waals surface area contributed by atoms with Crippen LogP contribution in [0.1, 0.15) is 20.9 Å². The van der Waals surface area contributed by atoms with Gasteiger partial charge in [-0.2, -0.15) is 0 Å². The normalized spacial score (nSPS) is 10.1. The number of hydrogen-bond acceptors (Lipinski definition) is 7. The zero-order valence-electron chi connectivity index (χ0n) is 17.6. The lowest BCUT2D eigenvalue weighted by molar-refractivity contribution is 0.0969. The van der Waals surface area contributed by atoms with Crippen LogP contribution in [0, 0.1) is 0 Å². The highest BCUT2D eigenvalue weighted by Crippen LogP contribution is 2.29. The fraction of sp³-hybridized carbons (Fsp3) is 0.136. The largest absolute Gasteiger partial charge is 0.496 e. The molecule has 3 rings (SSSR count). The average molecular weight is 455 g/mol. The van der Waals surface area contributed by atoms with E-state index in [4.69, 9.17) is 30.8 Å². The second-order valence-electron chi connectivity index (χ2n) is 6.29. The van der Waals surface area contributed by atoms with Crippen molar-refractivity contribution in [2.24, 2.45) is 0 Å². The Labute approximate surface area is 189 Å². The number of anilines is 2. The third-order valence-corrected chi connectivity index (χ3v) is 4.54. The summed E-state index contributed by atoms with van der Waals surface area (Å²) < 4.78 is 20.9. The van der Waals surface area contributed by atoms with Gasteiger partial charge in [0.05, 0.1) is 33.3 Å². The van der Waals surface area contributed by atoms with E-state index in [1.54, 1.807) is 48.5 Å². The minimum absolute atomic E-state index is 0.00997. The van der Waals surface area contributed by atoms with Crippen molar-refractivity contribution in [2.45, 2.75) is 0 Å². The molecule has 3 aromatic rings. The van der Waals surface area contributed by atoms with Gasteiger partial charge >= 0.3 is 0 Å². The van der Waals surface area contributed by atoms with Gasteiger partial charge in [-0.05, 0) is 54.7 Å². The van der Waals surface area contributed by atoms with Crippen molar-refractivity contribution in [3.05, 3.63) is 66.1 Å². The average Bonchev–Trinajstić information content (AvgIpc) is 3.33. The van der Waals surface area contributed by atoms with E-state index in [-0.39, 0.29) is 16.4 Å². The molecule has 0 atom stereocenters. The van der Waals surface area contributed by atoms with Crippen molar-refractivity contribution < 1.29 is 28.2 Å². The molecular weight excluding hydrogens is 434 g/mol. The maximum absolute atomic E-state index is 12.8. The smallest absolute Gasteiger partial charge is 0.291 e. The minimum Gasteiger partial charge on any atom is -0.496 e. The van der Waals surface area contributed by atoms with E-state index in [1.807, 2.05) is 0 Å². The Morgan fingerprint density at radius 1 is 0.844 bits per heavy atom. The van der Waals surface area contributed by atoms with Crippen LogP contribution in [0.3, 0.4) is 0 Å². The van der Waals surface area contributed by atoms with E-state index in [9.17, 15) is 9.59 Å². The van der Waals surface area contributed by atoms with Crippen LogP contribution in [-0.4, -0.2) is 38.3 Å². The van der Waals surface area contributed by atoms with Gasteiger partial charge in [0.15, 0.2) is 10.9 Å². The van der Waals surface area contributed by atoms with Gasteiger partial charge in [0.2, 0.25) is 0 Å². The van der Waals surface area contributed by atoms with Gasteiger partial charge in [0.1, 0.15) is 22.8 Å². The van der Waals surface area contributed by atoms with E-state index in [1.165, 1.54) is 27.6 Å². The molecule has 9 nitrogen and oxygen atoms in total. The molecule has 10 heteroatoms. The van der Waals surface area contributed by atoms with Gasteiger partial charge in [-0.25, -0.2) is 0 Å². The van der Waals surface area contributed by atoms with Crippen molar-refractivity contribution in [2.75, 3.05) is 32.0 Å². The van der Waals surface area contributed by atoms with Crippen molar-refractivity contribution in [1.82, 2.24) is 5.32 Å². The first-order valence-corrected chi connectivity index (χ1v) is 9.73. The second kappa shape index (κ2) is 10.3. The predicted octanol–water partition coefficient (Wildman–Crippen LogP) is 3.68. The van der Waals surface area contributed by atoms with Gasteiger partial charge < -0.3 is 29.3 Å². The highest BCUT2D eigenvalue weighted by atomic mass is 32.1. The molecule has 0 aliphatic heterocycles. The molecule has 0 spiro atoms. The molecule has 0 bridgehead atoms. The van der Waals surface area contributed by atoms with Crippen LogP contribution in [0.2, 0.25) is 0 Å². The quantitative estimate of drug-likeness (QED) is 0.463. The summed E-state index contributed by atoms with van der Waals surface area (Å²) in [5.41, 5.74) is 1.10. The van der Waals surface area contributed by atoms with Crippen molar-refractivity contribution in [3.63, 3.8) is 0 Å².